The molecule has 32 heavy (non-hydrogen) atoms. The van der Waals surface area contributed by atoms with Crippen LogP contribution < -0.4 is 16.2 Å². The van der Waals surface area contributed by atoms with Crippen molar-refractivity contribution < 1.29 is 22.0 Å². The molecule has 4 N–H and O–H groups in total. The lowest BCUT2D eigenvalue weighted by Crippen LogP contribution is -2.34. The second kappa shape index (κ2) is 8.81. The van der Waals surface area contributed by atoms with Gasteiger partial charge in [-0.1, -0.05) is 24.6 Å². The summed E-state index contributed by atoms with van der Waals surface area (Å²) in [5.74, 6) is -3.80. The fraction of sp³-hybridized carbons (Fsp3) is 0.263. The number of hydrogen-bond acceptors (Lipinski definition) is 7. The average Bonchev–Trinajstić information content (AvgIpc) is 3.15. The van der Waals surface area contributed by atoms with Crippen LogP contribution >= 0.6 is 11.6 Å². The minimum atomic E-state index is -4.54. The molecule has 0 spiro atoms. The third kappa shape index (κ3) is 4.56. The van der Waals surface area contributed by atoms with Crippen LogP contribution in [0.5, 0.6) is 0 Å². The summed E-state index contributed by atoms with van der Waals surface area (Å²) < 4.78 is 48.3. The van der Waals surface area contributed by atoms with Gasteiger partial charge >= 0.3 is 5.76 Å². The summed E-state index contributed by atoms with van der Waals surface area (Å²) in [5, 5.41) is 5.07. The van der Waals surface area contributed by atoms with Gasteiger partial charge in [-0.15, -0.1) is 5.10 Å². The highest BCUT2D eigenvalue weighted by molar-refractivity contribution is 7.89. The lowest BCUT2D eigenvalue weighted by Gasteiger charge is -2.25. The zero-order valence-electron chi connectivity index (χ0n) is 17.1. The Balaban J connectivity index is 2.14. The Kier molecular flexibility index (Phi) is 6.49. The highest BCUT2D eigenvalue weighted by Crippen LogP contribution is 2.35. The number of amides is 1. The number of benzene rings is 1. The van der Waals surface area contributed by atoms with Gasteiger partial charge in [0.25, 0.3) is 15.9 Å². The number of nitrogens with two attached hydrogens (primary N) is 1. The first-order valence-electron chi connectivity index (χ1n) is 9.21. The first-order valence-corrected chi connectivity index (χ1v) is 11.1. The molecule has 0 saturated heterocycles. The third-order valence-corrected chi connectivity index (χ3v) is 6.63. The van der Waals surface area contributed by atoms with Crippen molar-refractivity contribution in [3.63, 3.8) is 0 Å². The Hall–Kier alpha value is -3.09. The van der Waals surface area contributed by atoms with E-state index in [1.807, 2.05) is 0 Å². The highest BCUT2D eigenvalue weighted by Gasteiger charge is 2.35. The summed E-state index contributed by atoms with van der Waals surface area (Å²) in [7, 11) is -4.54. The van der Waals surface area contributed by atoms with Crippen LogP contribution in [0.1, 0.15) is 51.8 Å². The van der Waals surface area contributed by atoms with Crippen molar-refractivity contribution in [3.05, 3.63) is 73.9 Å². The van der Waals surface area contributed by atoms with Crippen molar-refractivity contribution in [1.82, 2.24) is 19.9 Å². The number of rotatable bonds is 7. The molecule has 2 aromatic heterocycles. The molecule has 1 aromatic carbocycles. The van der Waals surface area contributed by atoms with Crippen molar-refractivity contribution in [2.45, 2.75) is 37.8 Å². The Morgan fingerprint density at radius 2 is 2.03 bits per heavy atom. The van der Waals surface area contributed by atoms with Crippen molar-refractivity contribution in [2.24, 2.45) is 5.73 Å². The quantitative estimate of drug-likeness (QED) is 0.463. The molecule has 0 aliphatic rings. The molecule has 0 saturated carbocycles. The molecule has 3 aromatic rings. The van der Waals surface area contributed by atoms with Crippen LogP contribution in [0.2, 0.25) is 5.02 Å². The number of aromatic amines is 1. The maximum absolute atomic E-state index is 14.7. The SMILES string of the molecule is Cc1ccc(F)c(C(C)C(NS(=O)(=O)c2ncc(Cl)cc2C(N)=O)c2n[nH]c(=O)o2)c1C. The number of H-pyrrole nitrogens is 1. The van der Waals surface area contributed by atoms with Gasteiger partial charge in [0, 0.05) is 12.1 Å². The molecule has 10 nitrogen and oxygen atoms in total. The second-order valence-corrected chi connectivity index (χ2v) is 9.18. The predicted octanol–water partition coefficient (Wildman–Crippen LogP) is 2.09. The molecule has 0 bridgehead atoms. The minimum Gasteiger partial charge on any atom is -0.391 e. The molecule has 3 rings (SSSR count). The monoisotopic (exact) mass is 483 g/mol. The van der Waals surface area contributed by atoms with Gasteiger partial charge in [0.1, 0.15) is 11.9 Å². The Morgan fingerprint density at radius 1 is 1.34 bits per heavy atom. The lowest BCUT2D eigenvalue weighted by atomic mass is 9.88. The van der Waals surface area contributed by atoms with Crippen molar-refractivity contribution in [1.29, 1.82) is 0 Å². The Labute approximate surface area is 187 Å². The van der Waals surface area contributed by atoms with Gasteiger partial charge in [-0.05, 0) is 42.7 Å². The number of halogens is 2. The second-order valence-electron chi connectivity index (χ2n) is 7.11. The normalized spacial score (nSPS) is 13.7. The van der Waals surface area contributed by atoms with Gasteiger partial charge in [-0.3, -0.25) is 4.79 Å². The summed E-state index contributed by atoms with van der Waals surface area (Å²) in [6.07, 6.45) is 1.03. The van der Waals surface area contributed by atoms with Crippen molar-refractivity contribution >= 4 is 27.5 Å². The molecule has 1 amide bonds. The van der Waals surface area contributed by atoms with Crippen LogP contribution in [0.4, 0.5) is 4.39 Å². The van der Waals surface area contributed by atoms with Gasteiger partial charge in [-0.2, -0.15) is 4.72 Å². The van der Waals surface area contributed by atoms with Gasteiger partial charge in [0.05, 0.1) is 10.6 Å². The van der Waals surface area contributed by atoms with Crippen LogP contribution in [0.3, 0.4) is 0 Å². The van der Waals surface area contributed by atoms with E-state index in [0.717, 1.165) is 17.8 Å². The largest absolute Gasteiger partial charge is 0.434 e. The average molecular weight is 484 g/mol. The summed E-state index contributed by atoms with van der Waals surface area (Å²) in [5.41, 5.74) is 6.38. The third-order valence-electron chi connectivity index (χ3n) is 5.03. The van der Waals surface area contributed by atoms with Crippen LogP contribution in [-0.2, 0) is 10.0 Å². The zero-order chi connectivity index (χ0) is 23.8. The Bertz CT molecular complexity index is 1350. The van der Waals surface area contributed by atoms with Crippen molar-refractivity contribution in [3.8, 4) is 0 Å². The molecule has 2 unspecified atom stereocenters. The fourth-order valence-corrected chi connectivity index (χ4v) is 4.86. The van der Waals surface area contributed by atoms with Crippen LogP contribution in [0.15, 0.2) is 38.6 Å². The molecule has 170 valence electrons. The van der Waals surface area contributed by atoms with Gasteiger partial charge in [0.2, 0.25) is 5.89 Å². The van der Waals surface area contributed by atoms with E-state index in [0.29, 0.717) is 5.56 Å². The van der Waals surface area contributed by atoms with E-state index in [2.05, 4.69) is 19.9 Å². The maximum Gasteiger partial charge on any atom is 0.434 e. The minimum absolute atomic E-state index is 0.00146. The number of pyridine rings is 1. The zero-order valence-corrected chi connectivity index (χ0v) is 18.7. The highest BCUT2D eigenvalue weighted by atomic mass is 35.5. The first kappa shape index (κ1) is 23.6. The lowest BCUT2D eigenvalue weighted by molar-refractivity contribution is 0.0996. The van der Waals surface area contributed by atoms with Crippen molar-refractivity contribution in [2.75, 3.05) is 0 Å². The summed E-state index contributed by atoms with van der Waals surface area (Å²) >= 11 is 5.80. The van der Waals surface area contributed by atoms with E-state index in [1.54, 1.807) is 19.9 Å². The first-order chi connectivity index (χ1) is 14.9. The van der Waals surface area contributed by atoms with Gasteiger partial charge in [0.15, 0.2) is 5.03 Å². The molecular weight excluding hydrogens is 465 g/mol. The number of aromatic nitrogens is 3. The predicted molar refractivity (Wildman–Crippen MR) is 112 cm³/mol. The standard InChI is InChI=1S/C19H19ClFN5O5S/c1-8-4-5-13(21)14(9(8)2)10(3)15(17-24-25-19(28)31-17)26-32(29,30)18-12(16(22)27)6-11(20)7-23-18/h4-7,10,15,26H,1-3H3,(H2,22,27)(H,25,28). The number of nitrogens with zero attached hydrogens (tertiary/aromatic N) is 2. The van der Waals surface area contributed by atoms with E-state index < -0.39 is 50.1 Å². The molecular formula is C19H19ClFN5O5S. The summed E-state index contributed by atoms with van der Waals surface area (Å²) in [6.45, 7) is 5.00. The molecule has 2 atom stereocenters. The molecule has 0 radical (unpaired) electrons. The molecule has 13 heteroatoms. The van der Waals surface area contributed by atoms with E-state index in [9.17, 15) is 22.4 Å². The topological polar surface area (TPSA) is 161 Å². The number of nitrogens with one attached hydrogen (secondary N) is 2. The van der Waals surface area contributed by atoms with Gasteiger partial charge in [-0.25, -0.2) is 27.7 Å². The molecule has 0 fully saturated rings. The molecule has 0 aliphatic carbocycles. The number of hydrogen-bond donors (Lipinski definition) is 3. The fourth-order valence-electron chi connectivity index (χ4n) is 3.31. The summed E-state index contributed by atoms with van der Waals surface area (Å²) in [6, 6.07) is 2.56. The van der Waals surface area contributed by atoms with E-state index >= 15 is 0 Å². The van der Waals surface area contributed by atoms with E-state index in [1.165, 1.54) is 13.0 Å². The van der Waals surface area contributed by atoms with E-state index in [-0.39, 0.29) is 16.5 Å². The number of sulfonamides is 1. The molecule has 2 heterocycles. The number of carbonyl (C=O) groups is 1. The molecule has 0 aliphatic heterocycles. The number of aryl methyl sites for hydroxylation is 1. The van der Waals surface area contributed by atoms with Crippen LogP contribution in [0.25, 0.3) is 0 Å². The van der Waals surface area contributed by atoms with E-state index in [4.69, 9.17) is 21.8 Å². The van der Waals surface area contributed by atoms with Crippen LogP contribution in [0, 0.1) is 19.7 Å². The Morgan fingerprint density at radius 3 is 2.62 bits per heavy atom. The van der Waals surface area contributed by atoms with Gasteiger partial charge < -0.3 is 10.2 Å². The number of carbonyl (C=O) groups excluding carboxylic acids is 1. The number of primary amides is 1. The maximum atomic E-state index is 14.7. The van der Waals surface area contributed by atoms with Crippen LogP contribution in [-0.4, -0.2) is 29.5 Å². The smallest absolute Gasteiger partial charge is 0.391 e. The summed E-state index contributed by atoms with van der Waals surface area (Å²) in [4.78, 5) is 27.0.